The third-order valence-corrected chi connectivity index (χ3v) is 1.97. The molecular weight excluding hydrogens is 230 g/mol. The first-order chi connectivity index (χ1) is 7.63. The molecule has 0 aliphatic heterocycles. The normalized spacial score (nSPS) is 9.56. The van der Waals surface area contributed by atoms with Gasteiger partial charge in [-0.05, 0) is 18.2 Å². The molecule has 0 atom stereocenters. The number of primary amides is 1. The molecule has 4 N–H and O–H groups in total. The van der Waals surface area contributed by atoms with Crippen LogP contribution in [0.25, 0.3) is 0 Å². The van der Waals surface area contributed by atoms with E-state index < -0.39 is 5.91 Å². The summed E-state index contributed by atoms with van der Waals surface area (Å²) in [5.74, 6) is -0.195. The van der Waals surface area contributed by atoms with Crippen molar-refractivity contribution in [3.8, 4) is 0 Å². The van der Waals surface area contributed by atoms with E-state index in [1.54, 1.807) is 18.2 Å². The highest BCUT2D eigenvalue weighted by Crippen LogP contribution is 2.09. The van der Waals surface area contributed by atoms with Crippen LogP contribution in [-0.4, -0.2) is 24.4 Å². The number of alkyl halides is 1. The third kappa shape index (κ3) is 3.78. The Morgan fingerprint density at radius 1 is 1.38 bits per heavy atom. The Morgan fingerprint density at radius 2 is 2.12 bits per heavy atom. The first-order valence-corrected chi connectivity index (χ1v) is 5.17. The van der Waals surface area contributed by atoms with E-state index in [9.17, 15) is 9.59 Å². The van der Waals surface area contributed by atoms with Gasteiger partial charge in [-0.3, -0.25) is 4.79 Å². The highest BCUT2D eigenvalue weighted by Gasteiger charge is 2.03. The summed E-state index contributed by atoms with van der Waals surface area (Å²) < 4.78 is 0. The van der Waals surface area contributed by atoms with Gasteiger partial charge in [-0.2, -0.15) is 0 Å². The van der Waals surface area contributed by atoms with Gasteiger partial charge in [0.05, 0.1) is 0 Å². The van der Waals surface area contributed by atoms with Crippen LogP contribution in [0.1, 0.15) is 10.4 Å². The van der Waals surface area contributed by atoms with Crippen molar-refractivity contribution in [3.05, 3.63) is 29.8 Å². The highest BCUT2D eigenvalue weighted by atomic mass is 35.5. The molecule has 6 heteroatoms. The Kier molecular flexibility index (Phi) is 4.60. The number of rotatable bonds is 4. The van der Waals surface area contributed by atoms with Gasteiger partial charge in [-0.1, -0.05) is 6.07 Å². The molecule has 0 radical (unpaired) electrons. The van der Waals surface area contributed by atoms with Crippen LogP contribution < -0.4 is 16.4 Å². The fourth-order valence-corrected chi connectivity index (χ4v) is 1.18. The number of benzene rings is 1. The molecule has 0 heterocycles. The fraction of sp³-hybridized carbons (Fsp3) is 0.200. The second-order valence-electron chi connectivity index (χ2n) is 3.01. The zero-order valence-electron chi connectivity index (χ0n) is 8.50. The van der Waals surface area contributed by atoms with E-state index in [0.717, 1.165) is 0 Å². The van der Waals surface area contributed by atoms with Gasteiger partial charge < -0.3 is 16.4 Å². The van der Waals surface area contributed by atoms with Crippen LogP contribution in [0.4, 0.5) is 10.5 Å². The monoisotopic (exact) mass is 241 g/mol. The molecule has 0 aliphatic carbocycles. The van der Waals surface area contributed by atoms with Gasteiger partial charge >= 0.3 is 6.03 Å². The lowest BCUT2D eigenvalue weighted by Gasteiger charge is -2.06. The lowest BCUT2D eigenvalue weighted by atomic mass is 10.2. The standard InChI is InChI=1S/C10H12ClN3O2/c11-4-5-13-10(16)14-8-3-1-2-7(6-8)9(12)15/h1-3,6H,4-5H2,(H2,12,15)(H2,13,14,16). The van der Waals surface area contributed by atoms with Crippen LogP contribution in [0.2, 0.25) is 0 Å². The Morgan fingerprint density at radius 3 is 2.75 bits per heavy atom. The van der Waals surface area contributed by atoms with Gasteiger partial charge in [0.1, 0.15) is 0 Å². The van der Waals surface area contributed by atoms with Crippen LogP contribution >= 0.6 is 11.6 Å². The summed E-state index contributed by atoms with van der Waals surface area (Å²) in [5.41, 5.74) is 5.95. The Labute approximate surface area is 98.0 Å². The molecule has 3 amide bonds. The van der Waals surface area contributed by atoms with Crippen LogP contribution in [0.5, 0.6) is 0 Å². The third-order valence-electron chi connectivity index (χ3n) is 1.79. The van der Waals surface area contributed by atoms with Gasteiger partial charge in [0, 0.05) is 23.7 Å². The average molecular weight is 242 g/mol. The maximum atomic E-state index is 11.3. The van der Waals surface area contributed by atoms with Crippen LogP contribution in [0.3, 0.4) is 0 Å². The molecule has 0 saturated carbocycles. The predicted molar refractivity (Wildman–Crippen MR) is 62.7 cm³/mol. The van der Waals surface area contributed by atoms with Crippen molar-refractivity contribution in [1.29, 1.82) is 0 Å². The van der Waals surface area contributed by atoms with E-state index in [1.165, 1.54) is 6.07 Å². The summed E-state index contributed by atoms with van der Waals surface area (Å²) in [7, 11) is 0. The molecule has 1 aromatic carbocycles. The minimum atomic E-state index is -0.537. The number of carbonyl (C=O) groups is 2. The van der Waals surface area contributed by atoms with Crippen LogP contribution in [0.15, 0.2) is 24.3 Å². The summed E-state index contributed by atoms with van der Waals surface area (Å²) in [4.78, 5) is 22.1. The average Bonchev–Trinajstić information content (AvgIpc) is 2.26. The minimum Gasteiger partial charge on any atom is -0.366 e. The minimum absolute atomic E-state index is 0.342. The van der Waals surface area contributed by atoms with E-state index in [2.05, 4.69) is 10.6 Å². The SMILES string of the molecule is NC(=O)c1cccc(NC(=O)NCCCl)c1. The Hall–Kier alpha value is -1.75. The second-order valence-corrected chi connectivity index (χ2v) is 3.39. The molecule has 0 bridgehead atoms. The molecule has 16 heavy (non-hydrogen) atoms. The number of halogens is 1. The summed E-state index contributed by atoms with van der Waals surface area (Å²) in [5, 5.41) is 5.09. The molecule has 0 fully saturated rings. The Balaban J connectivity index is 2.63. The van der Waals surface area contributed by atoms with Crippen molar-refractivity contribution < 1.29 is 9.59 Å². The topological polar surface area (TPSA) is 84.2 Å². The van der Waals surface area contributed by atoms with Gasteiger partial charge in [-0.15, -0.1) is 11.6 Å². The van der Waals surface area contributed by atoms with Crippen molar-refractivity contribution >= 4 is 29.2 Å². The van der Waals surface area contributed by atoms with Gasteiger partial charge in [0.25, 0.3) is 0 Å². The maximum Gasteiger partial charge on any atom is 0.319 e. The smallest absolute Gasteiger partial charge is 0.319 e. The second kappa shape index (κ2) is 5.97. The molecule has 0 spiro atoms. The van der Waals surface area contributed by atoms with E-state index in [1.807, 2.05) is 0 Å². The van der Waals surface area contributed by atoms with Crippen LogP contribution in [-0.2, 0) is 0 Å². The van der Waals surface area contributed by atoms with Gasteiger partial charge in [0.15, 0.2) is 0 Å². The molecule has 86 valence electrons. The number of urea groups is 1. The zero-order chi connectivity index (χ0) is 12.0. The molecule has 5 nitrogen and oxygen atoms in total. The fourth-order valence-electron chi connectivity index (χ4n) is 1.09. The molecule has 1 aromatic rings. The maximum absolute atomic E-state index is 11.3. The highest BCUT2D eigenvalue weighted by molar-refractivity contribution is 6.18. The van der Waals surface area contributed by atoms with Crippen molar-refractivity contribution in [2.24, 2.45) is 5.73 Å². The largest absolute Gasteiger partial charge is 0.366 e. The van der Waals surface area contributed by atoms with Crippen molar-refractivity contribution in [1.82, 2.24) is 5.32 Å². The summed E-state index contributed by atoms with van der Waals surface area (Å²) in [6.07, 6.45) is 0. The number of amides is 3. The first-order valence-electron chi connectivity index (χ1n) is 4.64. The quantitative estimate of drug-likeness (QED) is 0.691. The number of hydrogen-bond donors (Lipinski definition) is 3. The zero-order valence-corrected chi connectivity index (χ0v) is 9.25. The van der Waals surface area contributed by atoms with Crippen molar-refractivity contribution in [2.45, 2.75) is 0 Å². The molecule has 0 saturated heterocycles. The molecular formula is C10H12ClN3O2. The van der Waals surface area contributed by atoms with Gasteiger partial charge in [0.2, 0.25) is 5.91 Å². The van der Waals surface area contributed by atoms with Crippen LogP contribution in [0, 0.1) is 0 Å². The van der Waals surface area contributed by atoms with E-state index in [0.29, 0.717) is 23.7 Å². The molecule has 0 unspecified atom stereocenters. The predicted octanol–water partition coefficient (Wildman–Crippen LogP) is 1.15. The summed E-state index contributed by atoms with van der Waals surface area (Å²) in [6, 6.07) is 6.00. The Bertz CT molecular complexity index is 395. The number of anilines is 1. The lowest BCUT2D eigenvalue weighted by Crippen LogP contribution is -2.30. The van der Waals surface area contributed by atoms with E-state index >= 15 is 0 Å². The van der Waals surface area contributed by atoms with E-state index in [-0.39, 0.29) is 6.03 Å². The van der Waals surface area contributed by atoms with Crippen molar-refractivity contribution in [3.63, 3.8) is 0 Å². The number of hydrogen-bond acceptors (Lipinski definition) is 2. The molecule has 0 aliphatic rings. The van der Waals surface area contributed by atoms with E-state index in [4.69, 9.17) is 17.3 Å². The lowest BCUT2D eigenvalue weighted by molar-refractivity contribution is 0.100. The summed E-state index contributed by atoms with van der Waals surface area (Å²) in [6.45, 7) is 0.378. The number of nitrogens with two attached hydrogens (primary N) is 1. The van der Waals surface area contributed by atoms with Gasteiger partial charge in [-0.25, -0.2) is 4.79 Å². The number of carbonyl (C=O) groups excluding carboxylic acids is 2. The molecule has 0 aromatic heterocycles. The van der Waals surface area contributed by atoms with Crippen molar-refractivity contribution in [2.75, 3.05) is 17.7 Å². The summed E-state index contributed by atoms with van der Waals surface area (Å²) >= 11 is 5.41. The number of nitrogens with one attached hydrogen (secondary N) is 2. The molecule has 1 rings (SSSR count). The first kappa shape index (κ1) is 12.3.